The second-order valence-electron chi connectivity index (χ2n) is 27.6. The molecule has 1 saturated heterocycles. The van der Waals surface area contributed by atoms with Crippen molar-refractivity contribution in [2.24, 2.45) is 50.5 Å². The lowest BCUT2D eigenvalue weighted by Crippen LogP contribution is -2.50. The number of fused-ring (bicyclic) bond motifs is 9. The van der Waals surface area contributed by atoms with Crippen LogP contribution in [-0.2, 0) is 64.8 Å². The topological polar surface area (TPSA) is 228 Å². The number of halogens is 2. The van der Waals surface area contributed by atoms with E-state index in [2.05, 4.69) is 52.6 Å². The van der Waals surface area contributed by atoms with Crippen LogP contribution in [0.2, 0.25) is 10.0 Å². The highest BCUT2D eigenvalue weighted by atomic mass is 35.5. The molecule has 5 aromatic rings. The second-order valence-corrected chi connectivity index (χ2v) is 32.6. The molecule has 0 radical (unpaired) electrons. The van der Waals surface area contributed by atoms with Gasteiger partial charge in [0.2, 0.25) is 5.88 Å². The van der Waals surface area contributed by atoms with E-state index >= 15 is 0 Å². The summed E-state index contributed by atoms with van der Waals surface area (Å²) >= 11 is 12.9. The van der Waals surface area contributed by atoms with Crippen LogP contribution in [0.1, 0.15) is 150 Å². The predicted molar refractivity (Wildman–Crippen MR) is 361 cm³/mol. The first kappa shape index (κ1) is 65.9. The van der Waals surface area contributed by atoms with Gasteiger partial charge in [0.25, 0.3) is 17.7 Å². The monoisotopic (exact) mass is 1350 g/mol. The van der Waals surface area contributed by atoms with Gasteiger partial charge in [0, 0.05) is 98.0 Å². The fourth-order valence-corrected chi connectivity index (χ4v) is 19.9. The minimum Gasteiger partial charge on any atom is -0.490 e. The molecule has 14 rings (SSSR count). The summed E-state index contributed by atoms with van der Waals surface area (Å²) in [6.07, 6.45) is 17.7. The van der Waals surface area contributed by atoms with Crippen LogP contribution in [0.3, 0.4) is 0 Å². The number of carbonyl (C=O) groups excluding carboxylic acids is 3. The Morgan fingerprint density at radius 1 is 0.667 bits per heavy atom. The average molecular weight is 1350 g/mol. The maximum Gasteiger partial charge on any atom is 0.286 e. The molecule has 4 aliphatic carbocycles. The number of benzene rings is 4. The van der Waals surface area contributed by atoms with Gasteiger partial charge in [-0.2, -0.15) is 0 Å². The van der Waals surface area contributed by atoms with Crippen LogP contribution in [0.25, 0.3) is 0 Å². The number of rotatable bonds is 5. The normalized spacial score (nSPS) is 31.8. The highest BCUT2D eigenvalue weighted by Crippen LogP contribution is 2.50. The zero-order valence-electron chi connectivity index (χ0n) is 53.8. The largest absolute Gasteiger partial charge is 0.490 e. The molecule has 4 aromatic carbocycles. The van der Waals surface area contributed by atoms with Crippen molar-refractivity contribution in [2.75, 3.05) is 88.6 Å². The number of ether oxygens (including phenoxy) is 6. The van der Waals surface area contributed by atoms with E-state index in [0.29, 0.717) is 74.2 Å². The van der Waals surface area contributed by atoms with Crippen molar-refractivity contribution in [1.82, 2.24) is 14.5 Å². The van der Waals surface area contributed by atoms with Gasteiger partial charge in [-0.1, -0.05) is 48.2 Å². The molecule has 23 heteroatoms. The van der Waals surface area contributed by atoms with Gasteiger partial charge in [0.15, 0.2) is 0 Å². The van der Waals surface area contributed by atoms with E-state index in [0.717, 1.165) is 130 Å². The summed E-state index contributed by atoms with van der Waals surface area (Å²) in [6.45, 7) is 4.80. The molecule has 4 bridgehead atoms. The van der Waals surface area contributed by atoms with E-state index in [4.69, 9.17) is 56.8 Å². The lowest BCUT2D eigenvalue weighted by Gasteiger charge is -2.46. The van der Waals surface area contributed by atoms with Crippen LogP contribution in [0.15, 0.2) is 87.7 Å². The second kappa shape index (κ2) is 27.4. The summed E-state index contributed by atoms with van der Waals surface area (Å²) < 4.78 is 77.0. The molecule has 2 saturated carbocycles. The third-order valence-electron chi connectivity index (χ3n) is 21.9. The minimum absolute atomic E-state index is 0.0461. The molecule has 12 atom stereocenters. The molecular formula is C70H88Cl2N8O11S2. The molecule has 3 N–H and O–H groups in total. The Morgan fingerprint density at radius 3 is 1.81 bits per heavy atom. The Morgan fingerprint density at radius 2 is 1.25 bits per heavy atom. The Balaban J connectivity index is 0.000000176. The lowest BCUT2D eigenvalue weighted by atomic mass is 9.67. The average Bonchev–Trinajstić information content (AvgIpc) is 1.73. The molecule has 9 aliphatic rings. The molecule has 1 aromatic heterocycles. The minimum atomic E-state index is -3.63. The summed E-state index contributed by atoms with van der Waals surface area (Å²) in [5.41, 5.74) is 7.17. The standard InChI is InChI=1S/C39H48ClN5O7S.C31H40ClN3O4S/c1-44-21-30(38(41-44)50-3)37(47)43-53(48)16-13-33-25(12-15-51-33)19-35(49-2)29-9-6-27(29)20-45-22-39(14-4-5-24-17-28(40)8-10-31(24)39)23-52-34-11-7-26(18-32(34)45)36(46)42-53;1-38-28-7-3-2-4-15-40(33,37)34-30(36)22-9-13-29-27(17-22)35(18-23-8-11-25(23)28)19-31(20-39-29)14-5-6-21-16-24(32)10-12-26(21)31/h7-8,10-11,17-18,21,25,27,29,33,35H,4-6,9,12-16,19-20,22-23H2,1-3H3,(H,42,43,46,47,48);9-10,12-13,16-17,23,25,28H,2-8,11,14-15,18-20H2,1H3,(H2,33,34,36,37)/t25-,27+,29-,33-,35+,39+,53?;23-,25+,28-,31-,40?/m10/s1. The first-order valence-electron chi connectivity index (χ1n) is 33.4. The number of nitrogens with one attached hydrogen (secondary N) is 1. The first-order chi connectivity index (χ1) is 44.8. The highest BCUT2D eigenvalue weighted by Gasteiger charge is 2.48. The van der Waals surface area contributed by atoms with Crippen LogP contribution in [0.5, 0.6) is 17.4 Å². The molecule has 93 heavy (non-hydrogen) atoms. The maximum absolute atomic E-state index is 14.7. The van der Waals surface area contributed by atoms with E-state index in [1.807, 2.05) is 50.6 Å². The Labute approximate surface area is 557 Å². The third kappa shape index (κ3) is 13.8. The van der Waals surface area contributed by atoms with Gasteiger partial charge >= 0.3 is 0 Å². The van der Waals surface area contributed by atoms with Gasteiger partial charge in [0.05, 0.1) is 55.8 Å². The predicted octanol–water partition coefficient (Wildman–Crippen LogP) is 11.7. The number of amides is 3. The van der Waals surface area contributed by atoms with E-state index in [9.17, 15) is 22.8 Å². The number of nitrogens with zero attached hydrogens (tertiary/aromatic N) is 6. The first-order valence-corrected chi connectivity index (χ1v) is 37.6. The van der Waals surface area contributed by atoms with Crippen LogP contribution < -0.4 is 33.9 Å². The number of methoxy groups -OCH3 is 3. The molecule has 5 aliphatic heterocycles. The number of hydrogen-bond donors (Lipinski definition) is 2. The SMILES string of the molecule is CO[C@H]1CCCCCS(N)(=O)=NC(=O)c2ccc3c(c2)N(C[C@@H]2CC[C@H]21)C[C@@]1(CCCc2cc(Cl)ccc21)CO3.COc1nn(C)cc1C(=O)NS1(=O)=NC(=O)c2ccc3c(c2)N(C[C@@H]2CC[C@H]2[C@@H](OC)C[C@H]2CCO[C@@H]2CC1)C[C@@]1(CCCc2cc(Cl)ccc21)CO3. The molecule has 3 fully saturated rings. The van der Waals surface area contributed by atoms with Crippen molar-refractivity contribution in [1.29, 1.82) is 0 Å². The zero-order valence-corrected chi connectivity index (χ0v) is 57.0. The Kier molecular flexibility index (Phi) is 19.4. The van der Waals surface area contributed by atoms with Crippen molar-refractivity contribution in [3.8, 4) is 17.4 Å². The van der Waals surface area contributed by atoms with Gasteiger partial charge in [-0.15, -0.1) is 13.8 Å². The van der Waals surface area contributed by atoms with E-state index in [-0.39, 0.29) is 63.6 Å². The molecule has 6 heterocycles. The van der Waals surface area contributed by atoms with Crippen LogP contribution in [-0.4, -0.2) is 133 Å². The fraction of sp³-hybridized carbons (Fsp3) is 0.571. The van der Waals surface area contributed by atoms with Gasteiger partial charge in [-0.25, -0.2) is 13.6 Å². The Hall–Kier alpha value is -5.78. The third-order valence-corrected chi connectivity index (χ3v) is 25.5. The number of anilines is 2. The van der Waals surface area contributed by atoms with Crippen LogP contribution in [0.4, 0.5) is 11.4 Å². The summed E-state index contributed by atoms with van der Waals surface area (Å²) in [4.78, 5) is 45.7. The molecule has 2 unspecified atom stereocenters. The Bertz CT molecular complexity index is 3930. The van der Waals surface area contributed by atoms with Gasteiger partial charge in [-0.3, -0.25) is 23.8 Å². The van der Waals surface area contributed by atoms with Crippen molar-refractivity contribution in [2.45, 2.75) is 138 Å². The van der Waals surface area contributed by atoms with Crippen molar-refractivity contribution < 1.29 is 51.2 Å². The molecule has 2 spiro atoms. The summed E-state index contributed by atoms with van der Waals surface area (Å²) in [5.74, 6) is 1.75. The zero-order chi connectivity index (χ0) is 64.8. The molecule has 19 nitrogen and oxygen atoms in total. The van der Waals surface area contributed by atoms with E-state index in [1.54, 1.807) is 19.2 Å². The number of aryl methyl sites for hydroxylation is 3. The van der Waals surface area contributed by atoms with Crippen molar-refractivity contribution in [3.05, 3.63) is 128 Å². The molecular weight excluding hydrogens is 1260 g/mol. The number of carbonyl (C=O) groups is 3. The maximum atomic E-state index is 14.7. The number of hydrogen-bond acceptors (Lipinski definition) is 14. The number of aromatic nitrogens is 2. The van der Waals surface area contributed by atoms with Gasteiger partial charge < -0.3 is 38.2 Å². The van der Waals surface area contributed by atoms with E-state index in [1.165, 1.54) is 53.1 Å². The van der Waals surface area contributed by atoms with Gasteiger partial charge in [-0.05, 0) is 209 Å². The van der Waals surface area contributed by atoms with Crippen molar-refractivity contribution in [3.63, 3.8) is 0 Å². The fourth-order valence-electron chi connectivity index (χ4n) is 16.8. The van der Waals surface area contributed by atoms with Crippen molar-refractivity contribution >= 4 is 72.1 Å². The summed E-state index contributed by atoms with van der Waals surface area (Å²) in [5, 5.41) is 11.7. The quantitative estimate of drug-likeness (QED) is 0.167. The molecule has 500 valence electrons. The van der Waals surface area contributed by atoms with Crippen LogP contribution >= 0.6 is 23.2 Å². The lowest BCUT2D eigenvalue weighted by molar-refractivity contribution is -0.0364. The summed E-state index contributed by atoms with van der Waals surface area (Å²) in [6, 6.07) is 23.3. The van der Waals surface area contributed by atoms with E-state index < -0.39 is 37.6 Å². The van der Waals surface area contributed by atoms with Crippen LogP contribution in [0, 0.1) is 29.6 Å². The van der Waals surface area contributed by atoms with Gasteiger partial charge in [0.1, 0.15) is 36.9 Å². The summed E-state index contributed by atoms with van der Waals surface area (Å²) in [7, 11) is -0.0221. The number of nitrogens with two attached hydrogens (primary N) is 1. The smallest absolute Gasteiger partial charge is 0.286 e. The molecule has 3 amide bonds. The highest BCUT2D eigenvalue weighted by molar-refractivity contribution is 7.92.